The summed E-state index contributed by atoms with van der Waals surface area (Å²) in [4.78, 5) is 25.3. The summed E-state index contributed by atoms with van der Waals surface area (Å²) < 4.78 is 2.05. The molecule has 0 unspecified atom stereocenters. The molecule has 2 aromatic rings. The van der Waals surface area contributed by atoms with Crippen molar-refractivity contribution in [2.75, 3.05) is 6.61 Å². The van der Waals surface area contributed by atoms with Crippen molar-refractivity contribution in [1.82, 2.24) is 9.55 Å². The van der Waals surface area contributed by atoms with E-state index < -0.39 is 11.9 Å². The lowest BCUT2D eigenvalue weighted by atomic mass is 10.0. The Balaban J connectivity index is 0.000000474. The Labute approximate surface area is 223 Å². The van der Waals surface area contributed by atoms with Crippen molar-refractivity contribution in [2.45, 2.75) is 117 Å². The molecule has 1 heterocycles. The highest BCUT2D eigenvalue weighted by molar-refractivity contribution is 5.93. The van der Waals surface area contributed by atoms with E-state index in [4.69, 9.17) is 15.3 Å². The van der Waals surface area contributed by atoms with Gasteiger partial charge in [0.25, 0.3) is 0 Å². The second-order valence-electron chi connectivity index (χ2n) is 9.73. The van der Waals surface area contributed by atoms with Gasteiger partial charge in [0.2, 0.25) is 0 Å². The number of hydrogen-bond acceptors (Lipinski definition) is 4. The standard InChI is InChI=1S/C22H42N2O.C8H6O4/c1-3-4-5-6-7-8-9-10-11-12-13-14-15-16-17-22-20-24(18-19-25)21(2)23-22;9-7(10)5-2-1-3-6(4-5)8(11)12/h20,25H,3-19H2,1-2H3;1-4H,(H,9,10)(H,11,12). The van der Waals surface area contributed by atoms with Gasteiger partial charge in [0.15, 0.2) is 0 Å². The number of carboxylic acid groups (broad SMARTS) is 2. The highest BCUT2D eigenvalue weighted by Crippen LogP contribution is 2.14. The lowest BCUT2D eigenvalue weighted by Crippen LogP contribution is -2.02. The first-order chi connectivity index (χ1) is 17.9. The van der Waals surface area contributed by atoms with E-state index in [0.29, 0.717) is 6.54 Å². The predicted molar refractivity (Wildman–Crippen MR) is 148 cm³/mol. The van der Waals surface area contributed by atoms with Gasteiger partial charge in [-0.3, -0.25) is 0 Å². The number of aliphatic hydroxyl groups excluding tert-OH is 1. The zero-order chi connectivity index (χ0) is 27.3. The van der Waals surface area contributed by atoms with Crippen molar-refractivity contribution in [3.8, 4) is 0 Å². The summed E-state index contributed by atoms with van der Waals surface area (Å²) in [6.07, 6.45) is 22.8. The van der Waals surface area contributed by atoms with Gasteiger partial charge in [-0.15, -0.1) is 0 Å². The number of rotatable bonds is 19. The molecule has 3 N–H and O–H groups in total. The number of aryl methyl sites for hydroxylation is 2. The van der Waals surface area contributed by atoms with Crippen LogP contribution in [0.25, 0.3) is 0 Å². The van der Waals surface area contributed by atoms with Crippen molar-refractivity contribution in [3.05, 3.63) is 53.1 Å². The normalized spacial score (nSPS) is 10.7. The lowest BCUT2D eigenvalue weighted by Gasteiger charge is -2.03. The number of unbranched alkanes of at least 4 members (excludes halogenated alkanes) is 13. The maximum atomic E-state index is 10.4. The van der Waals surface area contributed by atoms with Crippen LogP contribution in [-0.2, 0) is 13.0 Å². The number of imidazole rings is 1. The number of nitrogens with zero attached hydrogens (tertiary/aromatic N) is 2. The average molecular weight is 517 g/mol. The minimum absolute atomic E-state index is 0.0186. The maximum Gasteiger partial charge on any atom is 0.335 e. The van der Waals surface area contributed by atoms with Crippen molar-refractivity contribution in [2.24, 2.45) is 0 Å². The summed E-state index contributed by atoms with van der Waals surface area (Å²) in [5, 5.41) is 26.0. The molecule has 0 aliphatic heterocycles. The summed E-state index contributed by atoms with van der Waals surface area (Å²) in [5.74, 6) is -1.23. The van der Waals surface area contributed by atoms with E-state index in [1.54, 1.807) is 0 Å². The molecule has 7 nitrogen and oxygen atoms in total. The first-order valence-electron chi connectivity index (χ1n) is 14.1. The average Bonchev–Trinajstić information content (AvgIpc) is 3.23. The molecule has 0 bridgehead atoms. The van der Waals surface area contributed by atoms with Crippen molar-refractivity contribution >= 4 is 11.9 Å². The minimum Gasteiger partial charge on any atom is -0.478 e. The first kappa shape index (κ1) is 32.4. The van der Waals surface area contributed by atoms with Gasteiger partial charge in [-0.1, -0.05) is 96.5 Å². The Morgan fingerprint density at radius 2 is 1.24 bits per heavy atom. The number of aromatic carboxylic acids is 2. The lowest BCUT2D eigenvalue weighted by molar-refractivity contribution is 0.0696. The Morgan fingerprint density at radius 3 is 1.68 bits per heavy atom. The van der Waals surface area contributed by atoms with E-state index in [2.05, 4.69) is 22.7 Å². The molecule has 0 saturated carbocycles. The molecule has 0 atom stereocenters. The number of carboxylic acids is 2. The van der Waals surface area contributed by atoms with Crippen LogP contribution in [0.1, 0.15) is 129 Å². The van der Waals surface area contributed by atoms with Crippen molar-refractivity contribution in [1.29, 1.82) is 0 Å². The highest BCUT2D eigenvalue weighted by Gasteiger charge is 2.07. The smallest absolute Gasteiger partial charge is 0.335 e. The summed E-state index contributed by atoms with van der Waals surface area (Å²) in [6, 6.07) is 5.20. The summed E-state index contributed by atoms with van der Waals surface area (Å²) in [7, 11) is 0. The van der Waals surface area contributed by atoms with Crippen LogP contribution in [0.4, 0.5) is 0 Å². The molecule has 2 rings (SSSR count). The van der Waals surface area contributed by atoms with Gasteiger partial charge < -0.3 is 19.9 Å². The zero-order valence-electron chi connectivity index (χ0n) is 23.0. The zero-order valence-corrected chi connectivity index (χ0v) is 23.0. The Bertz CT molecular complexity index is 865. The molecule has 0 radical (unpaired) electrons. The SMILES string of the molecule is CCCCCCCCCCCCCCCCc1cn(CCO)c(C)n1.O=C(O)c1cccc(C(=O)O)c1. The molecular formula is C30H48N2O5. The van der Waals surface area contributed by atoms with Gasteiger partial charge in [-0.2, -0.15) is 0 Å². The van der Waals surface area contributed by atoms with Gasteiger partial charge in [0, 0.05) is 12.7 Å². The summed E-state index contributed by atoms with van der Waals surface area (Å²) >= 11 is 0. The molecule has 0 saturated heterocycles. The monoisotopic (exact) mass is 516 g/mol. The largest absolute Gasteiger partial charge is 0.478 e. The molecule has 1 aromatic heterocycles. The molecule has 0 spiro atoms. The van der Waals surface area contributed by atoms with Crippen LogP contribution in [-0.4, -0.2) is 43.4 Å². The van der Waals surface area contributed by atoms with Crippen LogP contribution >= 0.6 is 0 Å². The molecule has 0 fully saturated rings. The summed E-state index contributed by atoms with van der Waals surface area (Å²) in [5.41, 5.74) is 1.15. The number of hydrogen-bond donors (Lipinski definition) is 3. The summed E-state index contributed by atoms with van der Waals surface area (Å²) in [6.45, 7) is 5.16. The van der Waals surface area contributed by atoms with Crippen LogP contribution < -0.4 is 0 Å². The van der Waals surface area contributed by atoms with E-state index in [-0.39, 0.29) is 17.7 Å². The van der Waals surface area contributed by atoms with E-state index >= 15 is 0 Å². The fourth-order valence-electron chi connectivity index (χ4n) is 4.31. The van der Waals surface area contributed by atoms with Crippen LogP contribution in [0.15, 0.2) is 30.5 Å². The Kier molecular flexibility index (Phi) is 17.8. The van der Waals surface area contributed by atoms with E-state index in [0.717, 1.165) is 18.3 Å². The Hall–Kier alpha value is -2.67. The molecule has 0 amide bonds. The quantitative estimate of drug-likeness (QED) is 0.169. The number of carbonyl (C=O) groups is 2. The van der Waals surface area contributed by atoms with E-state index in [9.17, 15) is 9.59 Å². The second kappa shape index (κ2) is 20.4. The number of aliphatic hydroxyl groups is 1. The van der Waals surface area contributed by atoms with E-state index in [1.807, 2.05) is 6.92 Å². The number of benzene rings is 1. The van der Waals surface area contributed by atoms with Gasteiger partial charge in [0.1, 0.15) is 5.82 Å². The third-order valence-corrected chi connectivity index (χ3v) is 6.51. The maximum absolute atomic E-state index is 10.4. The fourth-order valence-corrected chi connectivity index (χ4v) is 4.31. The molecule has 0 aliphatic rings. The van der Waals surface area contributed by atoms with E-state index in [1.165, 1.54) is 114 Å². The van der Waals surface area contributed by atoms with Crippen molar-refractivity contribution < 1.29 is 24.9 Å². The van der Waals surface area contributed by atoms with Crippen molar-refractivity contribution in [3.63, 3.8) is 0 Å². The van der Waals surface area contributed by atoms with Crippen LogP contribution in [0, 0.1) is 6.92 Å². The highest BCUT2D eigenvalue weighted by atomic mass is 16.4. The predicted octanol–water partition coefficient (Wildman–Crippen LogP) is 7.29. The Morgan fingerprint density at radius 1 is 0.784 bits per heavy atom. The van der Waals surface area contributed by atoms with Gasteiger partial charge in [0.05, 0.1) is 23.4 Å². The van der Waals surface area contributed by atoms with Gasteiger partial charge in [-0.25, -0.2) is 14.6 Å². The topological polar surface area (TPSA) is 113 Å². The fraction of sp³-hybridized carbons (Fsp3) is 0.633. The number of aromatic nitrogens is 2. The van der Waals surface area contributed by atoms with Crippen LogP contribution in [0.2, 0.25) is 0 Å². The second-order valence-corrected chi connectivity index (χ2v) is 9.73. The third-order valence-electron chi connectivity index (χ3n) is 6.51. The van der Waals surface area contributed by atoms with Crippen LogP contribution in [0.5, 0.6) is 0 Å². The molecule has 7 heteroatoms. The first-order valence-corrected chi connectivity index (χ1v) is 14.1. The minimum atomic E-state index is -1.13. The van der Waals surface area contributed by atoms with Gasteiger partial charge in [-0.05, 0) is 38.0 Å². The van der Waals surface area contributed by atoms with Gasteiger partial charge >= 0.3 is 11.9 Å². The molecule has 0 aliphatic carbocycles. The van der Waals surface area contributed by atoms with Crippen LogP contribution in [0.3, 0.4) is 0 Å². The molecule has 37 heavy (non-hydrogen) atoms. The third kappa shape index (κ3) is 15.2. The molecular weight excluding hydrogens is 468 g/mol. The molecule has 1 aromatic carbocycles. The molecule has 208 valence electrons.